The van der Waals surface area contributed by atoms with Gasteiger partial charge < -0.3 is 20.4 Å². The normalized spacial score (nSPS) is 12.2. The molecule has 0 aliphatic rings. The lowest BCUT2D eigenvalue weighted by atomic mass is 9.92. The first-order valence-electron chi connectivity index (χ1n) is 9.07. The Balaban J connectivity index is 1.96. The molecule has 154 valence electrons. The first-order valence-corrected chi connectivity index (χ1v) is 9.07. The van der Waals surface area contributed by atoms with E-state index in [1.165, 1.54) is 7.11 Å². The first-order chi connectivity index (χ1) is 14.4. The zero-order valence-corrected chi connectivity index (χ0v) is 16.5. The van der Waals surface area contributed by atoms with Crippen molar-refractivity contribution < 1.29 is 13.5 Å². The number of rotatable bonds is 5. The van der Waals surface area contributed by atoms with Crippen LogP contribution in [0.25, 0.3) is 10.9 Å². The van der Waals surface area contributed by atoms with Crippen molar-refractivity contribution >= 4 is 28.5 Å². The van der Waals surface area contributed by atoms with Gasteiger partial charge in [-0.1, -0.05) is 6.92 Å². The standard InChI is InChI=1S/C20H19F2N7O/c1-10(18-12(22)6-11(21)7-24-18)16-14(30-3)5-4-13-17(16)19(28-20(23)26-13)27-15-8-29(2)9-25-15/h4-10H,1-3H3,(H3,23,26,27,28). The van der Waals surface area contributed by atoms with Gasteiger partial charge in [0.25, 0.3) is 0 Å². The number of pyridine rings is 1. The quantitative estimate of drug-likeness (QED) is 0.518. The van der Waals surface area contributed by atoms with Crippen LogP contribution in [0, 0.1) is 11.6 Å². The molecule has 8 nitrogen and oxygen atoms in total. The van der Waals surface area contributed by atoms with Crippen LogP contribution >= 0.6 is 0 Å². The van der Waals surface area contributed by atoms with Crippen LogP contribution in [0.2, 0.25) is 0 Å². The molecule has 1 atom stereocenters. The van der Waals surface area contributed by atoms with Crippen molar-refractivity contribution in [3.05, 3.63) is 59.8 Å². The minimum Gasteiger partial charge on any atom is -0.496 e. The van der Waals surface area contributed by atoms with Gasteiger partial charge in [0, 0.05) is 30.8 Å². The van der Waals surface area contributed by atoms with E-state index in [2.05, 4.69) is 25.3 Å². The zero-order chi connectivity index (χ0) is 21.4. The second-order valence-corrected chi connectivity index (χ2v) is 6.80. The summed E-state index contributed by atoms with van der Waals surface area (Å²) in [5, 5.41) is 3.71. The second kappa shape index (κ2) is 7.54. The fraction of sp³-hybridized carbons (Fsp3) is 0.200. The number of anilines is 3. The lowest BCUT2D eigenvalue weighted by molar-refractivity contribution is 0.408. The van der Waals surface area contributed by atoms with Gasteiger partial charge in [-0.05, 0) is 12.1 Å². The maximum atomic E-state index is 14.5. The molecule has 3 N–H and O–H groups in total. The first kappa shape index (κ1) is 19.5. The number of nitrogens with one attached hydrogen (secondary N) is 1. The van der Waals surface area contributed by atoms with Crippen molar-refractivity contribution in [3.63, 3.8) is 0 Å². The number of hydrogen-bond donors (Lipinski definition) is 2. The number of imidazole rings is 1. The predicted octanol–water partition coefficient (Wildman–Crippen LogP) is 3.52. The van der Waals surface area contributed by atoms with Crippen molar-refractivity contribution in [2.75, 3.05) is 18.2 Å². The molecule has 1 unspecified atom stereocenters. The van der Waals surface area contributed by atoms with E-state index in [-0.39, 0.29) is 11.6 Å². The van der Waals surface area contributed by atoms with E-state index >= 15 is 0 Å². The number of fused-ring (bicyclic) bond motifs is 1. The number of hydrogen-bond acceptors (Lipinski definition) is 7. The fourth-order valence-electron chi connectivity index (χ4n) is 3.43. The van der Waals surface area contributed by atoms with Crippen LogP contribution in [-0.4, -0.2) is 31.6 Å². The van der Waals surface area contributed by atoms with Gasteiger partial charge in [0.05, 0.1) is 36.2 Å². The molecule has 0 aliphatic heterocycles. The molecule has 0 fully saturated rings. The van der Waals surface area contributed by atoms with Crippen molar-refractivity contribution in [1.29, 1.82) is 0 Å². The van der Waals surface area contributed by atoms with E-state index in [0.29, 0.717) is 33.9 Å². The molecule has 4 rings (SSSR count). The van der Waals surface area contributed by atoms with E-state index in [9.17, 15) is 8.78 Å². The van der Waals surface area contributed by atoms with Crippen molar-refractivity contribution in [3.8, 4) is 5.75 Å². The Morgan fingerprint density at radius 3 is 2.67 bits per heavy atom. The fourth-order valence-corrected chi connectivity index (χ4v) is 3.43. The number of nitrogen functional groups attached to an aromatic ring is 1. The zero-order valence-electron chi connectivity index (χ0n) is 16.5. The third kappa shape index (κ3) is 3.47. The van der Waals surface area contributed by atoms with Gasteiger partial charge in [-0.15, -0.1) is 0 Å². The summed E-state index contributed by atoms with van der Waals surface area (Å²) in [6, 6.07) is 4.25. The molecule has 0 spiro atoms. The number of nitrogens with zero attached hydrogens (tertiary/aromatic N) is 5. The maximum absolute atomic E-state index is 14.5. The lowest BCUT2D eigenvalue weighted by Crippen LogP contribution is -2.09. The summed E-state index contributed by atoms with van der Waals surface area (Å²) in [7, 11) is 3.35. The highest BCUT2D eigenvalue weighted by Crippen LogP contribution is 2.40. The van der Waals surface area contributed by atoms with Crippen molar-refractivity contribution in [1.82, 2.24) is 24.5 Å². The molecule has 0 aliphatic carbocycles. The summed E-state index contributed by atoms with van der Waals surface area (Å²) in [6.45, 7) is 1.75. The topological polar surface area (TPSA) is 104 Å². The molecular weight excluding hydrogens is 392 g/mol. The highest BCUT2D eigenvalue weighted by Gasteiger charge is 2.25. The Bertz CT molecular complexity index is 1240. The van der Waals surface area contributed by atoms with Gasteiger partial charge in [-0.3, -0.25) is 4.98 Å². The Labute approximate surface area is 170 Å². The van der Waals surface area contributed by atoms with Crippen molar-refractivity contribution in [2.24, 2.45) is 7.05 Å². The lowest BCUT2D eigenvalue weighted by Gasteiger charge is -2.20. The van der Waals surface area contributed by atoms with Crippen LogP contribution in [0.15, 0.2) is 36.9 Å². The SMILES string of the molecule is COc1ccc2nc(N)nc(Nc3cn(C)cn3)c2c1C(C)c1ncc(F)cc1F. The average Bonchev–Trinajstić information content (AvgIpc) is 3.11. The minimum atomic E-state index is -0.753. The van der Waals surface area contributed by atoms with Gasteiger partial charge in [-0.2, -0.15) is 4.98 Å². The van der Waals surface area contributed by atoms with Gasteiger partial charge in [0.1, 0.15) is 29.0 Å². The highest BCUT2D eigenvalue weighted by molar-refractivity contribution is 5.96. The molecular formula is C20H19F2N7O. The number of halogens is 2. The van der Waals surface area contributed by atoms with Crippen LogP contribution in [0.5, 0.6) is 5.75 Å². The number of benzene rings is 1. The number of aromatic nitrogens is 5. The monoisotopic (exact) mass is 411 g/mol. The predicted molar refractivity (Wildman–Crippen MR) is 109 cm³/mol. The Kier molecular flexibility index (Phi) is 4.90. The van der Waals surface area contributed by atoms with Gasteiger partial charge >= 0.3 is 0 Å². The second-order valence-electron chi connectivity index (χ2n) is 6.80. The van der Waals surface area contributed by atoms with E-state index in [1.54, 1.807) is 36.1 Å². The van der Waals surface area contributed by atoms with Crippen LogP contribution in [-0.2, 0) is 7.05 Å². The summed E-state index contributed by atoms with van der Waals surface area (Å²) in [6.07, 6.45) is 4.39. The highest BCUT2D eigenvalue weighted by atomic mass is 19.1. The molecule has 1 aromatic carbocycles. The third-order valence-corrected chi connectivity index (χ3v) is 4.73. The number of nitrogens with two attached hydrogens (primary N) is 1. The summed E-state index contributed by atoms with van der Waals surface area (Å²) in [4.78, 5) is 16.9. The van der Waals surface area contributed by atoms with Gasteiger partial charge in [0.2, 0.25) is 5.95 Å². The van der Waals surface area contributed by atoms with E-state index in [4.69, 9.17) is 10.5 Å². The maximum Gasteiger partial charge on any atom is 0.222 e. The molecule has 10 heteroatoms. The van der Waals surface area contributed by atoms with E-state index < -0.39 is 17.6 Å². The molecule has 3 aromatic heterocycles. The van der Waals surface area contributed by atoms with Crippen LogP contribution < -0.4 is 15.8 Å². The molecule has 4 aromatic rings. The molecule has 30 heavy (non-hydrogen) atoms. The number of ether oxygens (including phenoxy) is 1. The van der Waals surface area contributed by atoms with Gasteiger partial charge in [-0.25, -0.2) is 18.7 Å². The minimum absolute atomic E-state index is 0.0655. The van der Waals surface area contributed by atoms with E-state index in [0.717, 1.165) is 12.3 Å². The Hall–Kier alpha value is -3.82. The molecule has 0 saturated carbocycles. The number of aryl methyl sites for hydroxylation is 1. The molecule has 0 saturated heterocycles. The molecule has 0 radical (unpaired) electrons. The van der Waals surface area contributed by atoms with Crippen molar-refractivity contribution in [2.45, 2.75) is 12.8 Å². The third-order valence-electron chi connectivity index (χ3n) is 4.73. The van der Waals surface area contributed by atoms with E-state index in [1.807, 2.05) is 7.05 Å². The van der Waals surface area contributed by atoms with Crippen LogP contribution in [0.4, 0.5) is 26.4 Å². The smallest absolute Gasteiger partial charge is 0.222 e. The van der Waals surface area contributed by atoms with Crippen LogP contribution in [0.1, 0.15) is 24.1 Å². The molecule has 3 heterocycles. The summed E-state index contributed by atoms with van der Waals surface area (Å²) < 4.78 is 35.2. The van der Waals surface area contributed by atoms with Crippen LogP contribution in [0.3, 0.4) is 0 Å². The number of methoxy groups -OCH3 is 1. The Morgan fingerprint density at radius 2 is 2.00 bits per heavy atom. The summed E-state index contributed by atoms with van der Waals surface area (Å²) in [5.74, 6) is -0.613. The summed E-state index contributed by atoms with van der Waals surface area (Å²) in [5.41, 5.74) is 7.09. The molecule has 0 bridgehead atoms. The molecule has 0 amide bonds. The van der Waals surface area contributed by atoms with Gasteiger partial charge in [0.15, 0.2) is 0 Å². The largest absolute Gasteiger partial charge is 0.496 e. The summed E-state index contributed by atoms with van der Waals surface area (Å²) >= 11 is 0. The average molecular weight is 411 g/mol. The Morgan fingerprint density at radius 1 is 1.20 bits per heavy atom.